The van der Waals surface area contributed by atoms with Gasteiger partial charge in [-0.1, -0.05) is 11.2 Å². The number of anilines is 3. The molecule has 14 heteroatoms. The number of carbonyl (C=O) groups is 1. The lowest BCUT2D eigenvalue weighted by atomic mass is 10.1. The van der Waals surface area contributed by atoms with E-state index in [1.807, 2.05) is 0 Å². The third-order valence-corrected chi connectivity index (χ3v) is 7.88. The van der Waals surface area contributed by atoms with Crippen molar-refractivity contribution in [2.45, 2.75) is 19.4 Å². The number of nitrogens with one attached hydrogen (secondary N) is 2. The number of rotatable bonds is 9. The Hall–Kier alpha value is -4.06. The Kier molecular flexibility index (Phi) is 7.47. The zero-order valence-corrected chi connectivity index (χ0v) is 22.4. The van der Waals surface area contributed by atoms with E-state index in [0.717, 1.165) is 12.8 Å². The Morgan fingerprint density at radius 1 is 1.23 bits per heavy atom. The number of pyridine rings is 1. The lowest BCUT2D eigenvalue weighted by molar-refractivity contribution is -0.117. The maximum atomic E-state index is 12.2. The molecule has 2 N–H and O–H groups in total. The lowest BCUT2D eigenvalue weighted by Crippen LogP contribution is -2.47. The van der Waals surface area contributed by atoms with Gasteiger partial charge in [0.25, 0.3) is 5.89 Å². The maximum absolute atomic E-state index is 12.2. The van der Waals surface area contributed by atoms with Crippen molar-refractivity contribution < 1.29 is 22.5 Å². The summed E-state index contributed by atoms with van der Waals surface area (Å²) in [5.74, 6) is 1.44. The molecule has 39 heavy (non-hydrogen) atoms. The van der Waals surface area contributed by atoms with Crippen LogP contribution in [-0.2, 0) is 21.4 Å². The highest BCUT2D eigenvalue weighted by Crippen LogP contribution is 2.38. The number of hydrogen-bond donors (Lipinski definition) is 2. The van der Waals surface area contributed by atoms with Crippen LogP contribution in [0.15, 0.2) is 35.0 Å². The largest absolute Gasteiger partial charge is 0.494 e. The summed E-state index contributed by atoms with van der Waals surface area (Å²) in [6.45, 7) is 2.37. The Morgan fingerprint density at radius 3 is 2.67 bits per heavy atom. The second kappa shape index (κ2) is 11.0. The summed E-state index contributed by atoms with van der Waals surface area (Å²) < 4.78 is 36.2. The number of aromatic nitrogens is 3. The number of methoxy groups -OCH3 is 1. The molecule has 0 unspecified atom stereocenters. The van der Waals surface area contributed by atoms with Crippen molar-refractivity contribution in [1.29, 1.82) is 5.26 Å². The molecule has 13 nitrogen and oxygen atoms in total. The zero-order valence-electron chi connectivity index (χ0n) is 21.5. The molecule has 0 atom stereocenters. The van der Waals surface area contributed by atoms with Gasteiger partial charge in [-0.3, -0.25) is 9.69 Å². The quantitative estimate of drug-likeness (QED) is 0.399. The number of nitriles is 1. The van der Waals surface area contributed by atoms with Crippen LogP contribution in [0.4, 0.5) is 17.2 Å². The van der Waals surface area contributed by atoms with Crippen LogP contribution < -0.4 is 15.4 Å². The van der Waals surface area contributed by atoms with Crippen LogP contribution in [0.3, 0.4) is 0 Å². The summed E-state index contributed by atoms with van der Waals surface area (Å²) in [5.41, 5.74) is 1.85. The first kappa shape index (κ1) is 26.5. The Labute approximate surface area is 225 Å². The minimum Gasteiger partial charge on any atom is -0.494 e. The van der Waals surface area contributed by atoms with Gasteiger partial charge in [0.1, 0.15) is 11.9 Å². The number of ether oxygens (including phenoxy) is 1. The van der Waals surface area contributed by atoms with Crippen LogP contribution >= 0.6 is 0 Å². The average Bonchev–Trinajstić information content (AvgIpc) is 3.68. The number of piperazine rings is 1. The van der Waals surface area contributed by atoms with Crippen molar-refractivity contribution in [3.05, 3.63) is 41.9 Å². The topological polar surface area (TPSA) is 167 Å². The number of nitrogens with zero attached hydrogens (tertiary/aromatic N) is 6. The average molecular weight is 553 g/mol. The van der Waals surface area contributed by atoms with E-state index in [-0.39, 0.29) is 17.7 Å². The predicted molar refractivity (Wildman–Crippen MR) is 142 cm³/mol. The number of amides is 1. The normalized spacial score (nSPS) is 16.4. The standard InChI is InChI=1S/C25H28N8O5S/c1-37-23-18(25-30-22(31-38-25)15-32-8-10-33(11-9-32)39(2,35)36)4-3-5-19(23)28-20-12-21(27-14-17(20)13-26)29-24(34)16-6-7-16/h3-5,12,14,16H,6-11,15H2,1-2H3,(H2,27,28,29,34). The molecule has 2 fully saturated rings. The molecule has 5 rings (SSSR count). The molecule has 1 saturated carbocycles. The predicted octanol–water partition coefficient (Wildman–Crippen LogP) is 2.18. The molecule has 204 valence electrons. The minimum absolute atomic E-state index is 0.0204. The number of para-hydroxylation sites is 1. The zero-order chi connectivity index (χ0) is 27.6. The molecule has 3 aromatic rings. The van der Waals surface area contributed by atoms with Gasteiger partial charge in [0, 0.05) is 44.4 Å². The van der Waals surface area contributed by atoms with E-state index in [4.69, 9.17) is 9.26 Å². The van der Waals surface area contributed by atoms with Crippen molar-refractivity contribution in [3.8, 4) is 23.3 Å². The molecule has 0 spiro atoms. The van der Waals surface area contributed by atoms with E-state index >= 15 is 0 Å². The van der Waals surface area contributed by atoms with Crippen LogP contribution in [0.2, 0.25) is 0 Å². The second-order valence-electron chi connectivity index (χ2n) is 9.46. The number of hydrogen-bond acceptors (Lipinski definition) is 11. The van der Waals surface area contributed by atoms with Gasteiger partial charge in [0.05, 0.1) is 42.4 Å². The molecule has 2 aliphatic rings. The summed E-state index contributed by atoms with van der Waals surface area (Å²) >= 11 is 0. The van der Waals surface area contributed by atoms with E-state index < -0.39 is 10.0 Å². The highest BCUT2D eigenvalue weighted by atomic mass is 32.2. The Morgan fingerprint density at radius 2 is 2.00 bits per heavy atom. The van der Waals surface area contributed by atoms with E-state index in [1.54, 1.807) is 24.3 Å². The first-order valence-electron chi connectivity index (χ1n) is 12.4. The summed E-state index contributed by atoms with van der Waals surface area (Å²) in [5, 5.41) is 19.7. The van der Waals surface area contributed by atoms with Crippen molar-refractivity contribution in [1.82, 2.24) is 24.3 Å². The summed E-state index contributed by atoms with van der Waals surface area (Å²) in [7, 11) is -1.69. The van der Waals surface area contributed by atoms with Gasteiger partial charge in [0.15, 0.2) is 11.6 Å². The molecule has 1 aromatic carbocycles. The summed E-state index contributed by atoms with van der Waals surface area (Å²) in [4.78, 5) is 23.0. The van der Waals surface area contributed by atoms with Gasteiger partial charge in [0.2, 0.25) is 15.9 Å². The molecule has 1 aliphatic carbocycles. The fourth-order valence-corrected chi connectivity index (χ4v) is 5.13. The fraction of sp³-hybridized carbons (Fsp3) is 0.400. The third kappa shape index (κ3) is 6.17. The highest BCUT2D eigenvalue weighted by molar-refractivity contribution is 7.88. The maximum Gasteiger partial charge on any atom is 0.261 e. The van der Waals surface area contributed by atoms with Gasteiger partial charge in [-0.05, 0) is 25.0 Å². The SMILES string of the molecule is COc1c(Nc2cc(NC(=O)C3CC3)ncc2C#N)cccc1-c1nc(CN2CCN(S(C)(=O)=O)CC2)no1. The Bertz CT molecular complexity index is 1520. The molecule has 1 amide bonds. The molecule has 0 bridgehead atoms. The van der Waals surface area contributed by atoms with Crippen LogP contribution in [0.25, 0.3) is 11.5 Å². The van der Waals surface area contributed by atoms with E-state index in [2.05, 4.69) is 36.7 Å². The van der Waals surface area contributed by atoms with Gasteiger partial charge >= 0.3 is 0 Å². The van der Waals surface area contributed by atoms with E-state index in [0.29, 0.717) is 72.6 Å². The number of benzene rings is 1. The Balaban J connectivity index is 1.33. The minimum atomic E-state index is -3.20. The molecule has 1 saturated heterocycles. The van der Waals surface area contributed by atoms with Gasteiger partial charge < -0.3 is 19.9 Å². The van der Waals surface area contributed by atoms with Gasteiger partial charge in [-0.15, -0.1) is 0 Å². The number of carbonyl (C=O) groups excluding carboxylic acids is 1. The van der Waals surface area contributed by atoms with Crippen LogP contribution in [0.5, 0.6) is 5.75 Å². The van der Waals surface area contributed by atoms with Gasteiger partial charge in [-0.25, -0.2) is 13.4 Å². The number of sulfonamides is 1. The molecule has 0 radical (unpaired) electrons. The van der Waals surface area contributed by atoms with E-state index in [1.165, 1.54) is 23.9 Å². The monoisotopic (exact) mass is 552 g/mol. The molecular weight excluding hydrogens is 524 g/mol. The van der Waals surface area contributed by atoms with Gasteiger partial charge in [-0.2, -0.15) is 14.6 Å². The van der Waals surface area contributed by atoms with Crippen molar-refractivity contribution in [3.63, 3.8) is 0 Å². The summed E-state index contributed by atoms with van der Waals surface area (Å²) in [6, 6.07) is 9.07. The summed E-state index contributed by atoms with van der Waals surface area (Å²) in [6.07, 6.45) is 4.36. The van der Waals surface area contributed by atoms with Crippen molar-refractivity contribution in [2.24, 2.45) is 5.92 Å². The third-order valence-electron chi connectivity index (χ3n) is 6.58. The molecular formula is C25H28N8O5S. The second-order valence-corrected chi connectivity index (χ2v) is 11.4. The van der Waals surface area contributed by atoms with Crippen LogP contribution in [-0.4, -0.2) is 78.2 Å². The highest BCUT2D eigenvalue weighted by Gasteiger charge is 2.30. The molecule has 2 aromatic heterocycles. The van der Waals surface area contributed by atoms with E-state index in [9.17, 15) is 18.5 Å². The van der Waals surface area contributed by atoms with Crippen LogP contribution in [0, 0.1) is 17.2 Å². The lowest BCUT2D eigenvalue weighted by Gasteiger charge is -2.32. The fourth-order valence-electron chi connectivity index (χ4n) is 4.31. The van der Waals surface area contributed by atoms with Crippen molar-refractivity contribution in [2.75, 3.05) is 50.2 Å². The smallest absolute Gasteiger partial charge is 0.261 e. The first-order chi connectivity index (χ1) is 18.7. The molecule has 1 aliphatic heterocycles. The first-order valence-corrected chi connectivity index (χ1v) is 14.3. The molecule has 3 heterocycles. The van der Waals surface area contributed by atoms with Crippen LogP contribution in [0.1, 0.15) is 24.2 Å². The van der Waals surface area contributed by atoms with Crippen molar-refractivity contribution >= 4 is 33.1 Å².